The maximum Gasteiger partial charge on any atom is 0.0909 e. The van der Waals surface area contributed by atoms with Crippen LogP contribution in [0.4, 0.5) is 0 Å². The molecule has 0 aromatic heterocycles. The van der Waals surface area contributed by atoms with Gasteiger partial charge in [-0.25, -0.2) is 0 Å². The molecule has 0 amide bonds. The zero-order chi connectivity index (χ0) is 13.4. The molecule has 0 radical (unpaired) electrons. The van der Waals surface area contributed by atoms with Gasteiger partial charge in [0.25, 0.3) is 0 Å². The van der Waals surface area contributed by atoms with Crippen molar-refractivity contribution >= 4 is 5.57 Å². The van der Waals surface area contributed by atoms with E-state index in [0.717, 1.165) is 5.56 Å². The Morgan fingerprint density at radius 2 is 2.19 bits per heavy atom. The van der Waals surface area contributed by atoms with Crippen LogP contribution in [-0.4, -0.2) is 0 Å². The molecule has 0 heterocycles. The van der Waals surface area contributed by atoms with Crippen molar-refractivity contribution in [2.75, 3.05) is 0 Å². The van der Waals surface area contributed by atoms with Gasteiger partial charge >= 0.3 is 0 Å². The van der Waals surface area contributed by atoms with E-state index in [0.29, 0.717) is 5.57 Å². The van der Waals surface area contributed by atoms with Crippen molar-refractivity contribution in [1.29, 1.82) is 10.5 Å². The Bertz CT molecular complexity index is 529. The summed E-state index contributed by atoms with van der Waals surface area (Å²) in [5, 5.41) is 17.4. The highest BCUT2D eigenvalue weighted by atomic mass is 14.3. The molecule has 0 aliphatic heterocycles. The normalized spacial score (nSPS) is 13.1. The fourth-order valence-electron chi connectivity index (χ4n) is 1.29. The van der Waals surface area contributed by atoms with E-state index in [9.17, 15) is 0 Å². The number of benzene rings is 1. The average molecular weight is 210 g/mol. The Balaban J connectivity index is 2.98. The lowest BCUT2D eigenvalue weighted by atomic mass is 9.96. The third-order valence-corrected chi connectivity index (χ3v) is 2.12. The van der Waals surface area contributed by atoms with E-state index in [4.69, 9.17) is 13.3 Å². The van der Waals surface area contributed by atoms with Crippen LogP contribution in [0.3, 0.4) is 0 Å². The van der Waals surface area contributed by atoms with E-state index in [2.05, 4.69) is 6.07 Å². The van der Waals surface area contributed by atoms with Gasteiger partial charge in [0, 0.05) is 6.08 Å². The highest BCUT2D eigenvalue weighted by molar-refractivity contribution is 5.63. The number of rotatable bonds is 4. The van der Waals surface area contributed by atoms with Gasteiger partial charge in [-0.2, -0.15) is 10.5 Å². The van der Waals surface area contributed by atoms with Gasteiger partial charge in [-0.3, -0.25) is 0 Å². The molecule has 0 N–H and O–H groups in total. The van der Waals surface area contributed by atoms with Crippen molar-refractivity contribution in [1.82, 2.24) is 0 Å². The van der Waals surface area contributed by atoms with Crippen LogP contribution < -0.4 is 0 Å². The number of nitrogens with zero attached hydrogens (tertiary/aromatic N) is 2. The Morgan fingerprint density at radius 1 is 1.44 bits per heavy atom. The maximum absolute atomic E-state index is 8.97. The quantitative estimate of drug-likeness (QED) is 0.716. The maximum atomic E-state index is 8.97. The van der Waals surface area contributed by atoms with Crippen molar-refractivity contribution in [3.8, 4) is 12.1 Å². The van der Waals surface area contributed by atoms with Crippen molar-refractivity contribution in [2.24, 2.45) is 5.92 Å². The molecule has 1 aromatic rings. The average Bonchev–Trinajstić information content (AvgIpc) is 2.39. The lowest BCUT2D eigenvalue weighted by Crippen LogP contribution is -1.94. The summed E-state index contributed by atoms with van der Waals surface area (Å²) in [7, 11) is 0. The first kappa shape index (κ1) is 8.95. The Morgan fingerprint density at radius 3 is 2.75 bits per heavy atom. The van der Waals surface area contributed by atoms with E-state index in [-0.39, 0.29) is 13.0 Å². The molecule has 2 heteroatoms. The Labute approximate surface area is 98.6 Å². The molecule has 0 spiro atoms. The highest BCUT2D eigenvalue weighted by Gasteiger charge is 2.06. The molecular weight excluding hydrogens is 196 g/mol. The molecule has 1 rings (SSSR count). The Kier molecular flexibility index (Phi) is 3.48. The van der Waals surface area contributed by atoms with Gasteiger partial charge in [-0.05, 0) is 17.6 Å². The van der Waals surface area contributed by atoms with Crippen LogP contribution in [0.2, 0.25) is 0 Å². The van der Waals surface area contributed by atoms with E-state index < -0.39 is 5.92 Å². The molecule has 0 aliphatic carbocycles. The Hall–Kier alpha value is -2.32. The van der Waals surface area contributed by atoms with Crippen LogP contribution in [0.1, 0.15) is 14.7 Å². The van der Waals surface area contributed by atoms with Gasteiger partial charge in [0.2, 0.25) is 0 Å². The van der Waals surface area contributed by atoms with Crippen molar-refractivity contribution in [2.45, 2.75) is 6.42 Å². The van der Waals surface area contributed by atoms with Gasteiger partial charge in [0.05, 0.1) is 20.8 Å². The second-order valence-electron chi connectivity index (χ2n) is 3.27. The van der Waals surface area contributed by atoms with Crippen LogP contribution in [0, 0.1) is 28.6 Å². The van der Waals surface area contributed by atoms with Crippen LogP contribution in [0.15, 0.2) is 49.0 Å². The number of nitriles is 2. The van der Waals surface area contributed by atoms with E-state index >= 15 is 0 Å². The second-order valence-corrected chi connectivity index (χ2v) is 3.27. The molecular formula is C14H12N2. The first-order chi connectivity index (χ1) is 8.69. The standard InChI is InChI=1S/C14H12N2/c1-12(14-7-3-2-4-8-14)10-13(11-16)6-5-9-15/h2-8,13H,1,10H2/b6-5-/i1D2. The van der Waals surface area contributed by atoms with Crippen LogP contribution in [0.25, 0.3) is 5.57 Å². The second kappa shape index (κ2) is 6.22. The lowest BCUT2D eigenvalue weighted by molar-refractivity contribution is 0.862. The smallest absolute Gasteiger partial charge is 0.0909 e. The SMILES string of the molecule is [2H]C([2H])=C(CC(C#N)/C=C\C#N)c1ccccc1. The largest absolute Gasteiger partial charge is 0.198 e. The minimum absolute atomic E-state index is 0.265. The van der Waals surface area contributed by atoms with Crippen molar-refractivity contribution in [3.63, 3.8) is 0 Å². The summed E-state index contributed by atoms with van der Waals surface area (Å²) >= 11 is 0. The lowest BCUT2D eigenvalue weighted by Gasteiger charge is -2.07. The molecule has 0 fully saturated rings. The summed E-state index contributed by atoms with van der Waals surface area (Å²) in [6, 6.07) is 13.0. The highest BCUT2D eigenvalue weighted by Crippen LogP contribution is 2.20. The fourth-order valence-corrected chi connectivity index (χ4v) is 1.29. The van der Waals surface area contributed by atoms with Crippen LogP contribution in [-0.2, 0) is 0 Å². The number of hydrogen-bond acceptors (Lipinski definition) is 2. The van der Waals surface area contributed by atoms with E-state index in [1.54, 1.807) is 12.1 Å². The monoisotopic (exact) mass is 210 g/mol. The predicted molar refractivity (Wildman–Crippen MR) is 63.9 cm³/mol. The van der Waals surface area contributed by atoms with Crippen molar-refractivity contribution < 1.29 is 2.74 Å². The molecule has 1 atom stereocenters. The molecule has 0 saturated heterocycles. The van der Waals surface area contributed by atoms with Gasteiger partial charge in [0.15, 0.2) is 0 Å². The topological polar surface area (TPSA) is 47.6 Å². The molecule has 78 valence electrons. The van der Waals surface area contributed by atoms with Gasteiger partial charge in [0.1, 0.15) is 0 Å². The molecule has 16 heavy (non-hydrogen) atoms. The minimum atomic E-state index is -0.495. The first-order valence-electron chi connectivity index (χ1n) is 5.86. The third kappa shape index (κ3) is 3.44. The van der Waals surface area contributed by atoms with Gasteiger partial charge in [-0.15, -0.1) is 0 Å². The number of allylic oxidation sites excluding steroid dienone is 3. The molecule has 1 aromatic carbocycles. The molecule has 0 aliphatic rings. The first-order valence-corrected chi connectivity index (χ1v) is 4.86. The minimum Gasteiger partial charge on any atom is -0.198 e. The number of hydrogen-bond donors (Lipinski definition) is 0. The van der Waals surface area contributed by atoms with Crippen LogP contribution >= 0.6 is 0 Å². The van der Waals surface area contributed by atoms with E-state index in [1.807, 2.05) is 24.3 Å². The van der Waals surface area contributed by atoms with Gasteiger partial charge in [-0.1, -0.05) is 42.9 Å². The summed E-state index contributed by atoms with van der Waals surface area (Å²) in [5.41, 5.74) is 1.27. The zero-order valence-corrected chi connectivity index (χ0v) is 8.72. The third-order valence-electron chi connectivity index (χ3n) is 2.12. The summed E-state index contributed by atoms with van der Waals surface area (Å²) in [6.45, 7) is -0.299. The van der Waals surface area contributed by atoms with Crippen molar-refractivity contribution in [3.05, 3.63) is 54.6 Å². The zero-order valence-electron chi connectivity index (χ0n) is 10.7. The summed E-state index contributed by atoms with van der Waals surface area (Å²) in [6.07, 6.45) is 3.01. The van der Waals surface area contributed by atoms with E-state index in [1.165, 1.54) is 12.2 Å². The predicted octanol–water partition coefficient (Wildman–Crippen LogP) is 3.31. The summed E-state index contributed by atoms with van der Waals surface area (Å²) in [5.74, 6) is -0.495. The molecule has 2 nitrogen and oxygen atoms in total. The molecule has 0 saturated carbocycles. The molecule has 1 unspecified atom stereocenters. The fraction of sp³-hybridized carbons (Fsp3) is 0.143. The van der Waals surface area contributed by atoms with Crippen LogP contribution in [0.5, 0.6) is 0 Å². The summed E-state index contributed by atoms with van der Waals surface area (Å²) < 4.78 is 14.9. The van der Waals surface area contributed by atoms with Gasteiger partial charge < -0.3 is 0 Å². The summed E-state index contributed by atoms with van der Waals surface area (Å²) in [4.78, 5) is 0. The molecule has 0 bridgehead atoms.